The predicted octanol–water partition coefficient (Wildman–Crippen LogP) is 5.56. The van der Waals surface area contributed by atoms with E-state index in [1.165, 1.54) is 51.7 Å². The van der Waals surface area contributed by atoms with Crippen molar-refractivity contribution in [3.8, 4) is 11.3 Å². The molecule has 2 heteroatoms. The summed E-state index contributed by atoms with van der Waals surface area (Å²) in [6.07, 6.45) is 4.28. The summed E-state index contributed by atoms with van der Waals surface area (Å²) in [7, 11) is 2.10. The van der Waals surface area contributed by atoms with Gasteiger partial charge in [0.2, 0.25) is 0 Å². The van der Waals surface area contributed by atoms with E-state index >= 15 is 0 Å². The van der Waals surface area contributed by atoms with Crippen LogP contribution in [0.25, 0.3) is 22.2 Å². The molecular weight excluding hydrogens is 304 g/mol. The summed E-state index contributed by atoms with van der Waals surface area (Å²) in [5.74, 6) is 0.614. The predicted molar refractivity (Wildman–Crippen MR) is 106 cm³/mol. The first-order valence-corrected chi connectivity index (χ1v) is 9.32. The number of nitrogens with zero attached hydrogens (tertiary/aromatic N) is 2. The highest BCUT2D eigenvalue weighted by atomic mass is 15.0. The van der Waals surface area contributed by atoms with E-state index in [0.29, 0.717) is 5.92 Å². The van der Waals surface area contributed by atoms with Crippen molar-refractivity contribution in [2.45, 2.75) is 53.4 Å². The summed E-state index contributed by atoms with van der Waals surface area (Å²) in [5.41, 5.74) is 9.07. The number of fused-ring (bicyclic) bond motifs is 1. The molecule has 0 saturated heterocycles. The molecule has 0 aliphatic carbocycles. The van der Waals surface area contributed by atoms with Crippen molar-refractivity contribution < 1.29 is 4.57 Å². The topological polar surface area (TPSA) is 16.8 Å². The highest BCUT2D eigenvalue weighted by Crippen LogP contribution is 2.32. The lowest BCUT2D eigenvalue weighted by molar-refractivity contribution is -0.662. The molecule has 3 rings (SSSR count). The van der Waals surface area contributed by atoms with E-state index in [9.17, 15) is 0 Å². The Morgan fingerprint density at radius 1 is 1.00 bits per heavy atom. The van der Waals surface area contributed by atoms with E-state index < -0.39 is 0 Å². The minimum Gasteiger partial charge on any atom is -0.232 e. The summed E-state index contributed by atoms with van der Waals surface area (Å²) in [5, 5.41) is 1.25. The molecular formula is C23H29N2+. The van der Waals surface area contributed by atoms with E-state index in [1.807, 2.05) is 6.33 Å². The Hall–Kier alpha value is -2.22. The lowest BCUT2D eigenvalue weighted by atomic mass is 9.91. The van der Waals surface area contributed by atoms with Crippen molar-refractivity contribution in [3.63, 3.8) is 0 Å². The van der Waals surface area contributed by atoms with Crippen molar-refractivity contribution in [3.05, 3.63) is 58.9 Å². The lowest BCUT2D eigenvalue weighted by Crippen LogP contribution is -2.32. The largest absolute Gasteiger partial charge is 0.287 e. The second-order valence-corrected chi connectivity index (χ2v) is 7.25. The van der Waals surface area contributed by atoms with Crippen LogP contribution in [0.5, 0.6) is 0 Å². The van der Waals surface area contributed by atoms with Gasteiger partial charge in [-0.1, -0.05) is 31.5 Å². The zero-order valence-electron chi connectivity index (χ0n) is 16.4. The Morgan fingerprint density at radius 3 is 2.40 bits per heavy atom. The maximum atomic E-state index is 4.66. The van der Waals surface area contributed by atoms with Crippen LogP contribution in [0.2, 0.25) is 0 Å². The lowest BCUT2D eigenvalue weighted by Gasteiger charge is -2.15. The van der Waals surface area contributed by atoms with Gasteiger partial charge in [-0.05, 0) is 79.4 Å². The van der Waals surface area contributed by atoms with Gasteiger partial charge in [-0.3, -0.25) is 0 Å². The van der Waals surface area contributed by atoms with Crippen molar-refractivity contribution in [1.29, 1.82) is 0 Å². The van der Waals surface area contributed by atoms with Crippen LogP contribution >= 0.6 is 0 Å². The first-order chi connectivity index (χ1) is 12.0. The SMILES string of the molecule is CCC(CC)c1ccc2nc[n+](C)c(-c3cc(C)cc(C)c3C)c2c1. The van der Waals surface area contributed by atoms with E-state index in [0.717, 1.165) is 5.52 Å². The molecule has 0 radical (unpaired) electrons. The van der Waals surface area contributed by atoms with Gasteiger partial charge in [0.15, 0.2) is 5.52 Å². The van der Waals surface area contributed by atoms with Gasteiger partial charge in [-0.2, -0.15) is 0 Å². The number of aryl methyl sites for hydroxylation is 3. The van der Waals surface area contributed by atoms with Gasteiger partial charge >= 0.3 is 0 Å². The Bertz CT molecular complexity index is 921. The van der Waals surface area contributed by atoms with Gasteiger partial charge in [-0.15, -0.1) is 0 Å². The fourth-order valence-electron chi connectivity index (χ4n) is 3.89. The minimum absolute atomic E-state index is 0.614. The van der Waals surface area contributed by atoms with Crippen LogP contribution in [0.3, 0.4) is 0 Å². The monoisotopic (exact) mass is 333 g/mol. The molecule has 0 spiro atoms. The molecule has 1 heterocycles. The maximum absolute atomic E-state index is 4.66. The van der Waals surface area contributed by atoms with Gasteiger partial charge in [-0.25, -0.2) is 4.57 Å². The summed E-state index contributed by atoms with van der Waals surface area (Å²) in [4.78, 5) is 4.66. The van der Waals surface area contributed by atoms with Crippen LogP contribution in [0, 0.1) is 20.8 Å². The zero-order chi connectivity index (χ0) is 18.1. The fraction of sp³-hybridized carbons (Fsp3) is 0.391. The highest BCUT2D eigenvalue weighted by Gasteiger charge is 2.19. The average molecular weight is 333 g/mol. The van der Waals surface area contributed by atoms with E-state index in [2.05, 4.69) is 81.5 Å². The molecule has 25 heavy (non-hydrogen) atoms. The highest BCUT2D eigenvalue weighted by molar-refractivity contribution is 5.92. The molecule has 0 saturated carbocycles. The summed E-state index contributed by atoms with van der Waals surface area (Å²) < 4.78 is 2.17. The van der Waals surface area contributed by atoms with E-state index in [4.69, 9.17) is 0 Å². The molecule has 1 aromatic heterocycles. The number of aromatic nitrogens is 2. The summed E-state index contributed by atoms with van der Waals surface area (Å²) in [6.45, 7) is 11.1. The van der Waals surface area contributed by atoms with Crippen molar-refractivity contribution in [2.75, 3.05) is 0 Å². The van der Waals surface area contributed by atoms with Gasteiger partial charge in [0.25, 0.3) is 6.33 Å². The smallest absolute Gasteiger partial charge is 0.232 e. The molecule has 2 aromatic carbocycles. The van der Waals surface area contributed by atoms with E-state index in [-0.39, 0.29) is 0 Å². The van der Waals surface area contributed by atoms with Gasteiger partial charge < -0.3 is 0 Å². The molecule has 130 valence electrons. The number of rotatable bonds is 4. The normalized spacial score (nSPS) is 11.5. The molecule has 0 fully saturated rings. The molecule has 3 aromatic rings. The number of hydrogen-bond donors (Lipinski definition) is 0. The fourth-order valence-corrected chi connectivity index (χ4v) is 3.89. The Morgan fingerprint density at radius 2 is 1.72 bits per heavy atom. The van der Waals surface area contributed by atoms with Gasteiger partial charge in [0.1, 0.15) is 5.69 Å². The Kier molecular flexibility index (Phi) is 4.89. The Balaban J connectivity index is 2.34. The summed E-state index contributed by atoms with van der Waals surface area (Å²) in [6, 6.07) is 11.4. The van der Waals surface area contributed by atoms with Crippen LogP contribution in [0.15, 0.2) is 36.7 Å². The van der Waals surface area contributed by atoms with Crippen LogP contribution in [0.1, 0.15) is 54.9 Å². The third kappa shape index (κ3) is 3.18. The molecule has 0 aliphatic heterocycles. The average Bonchev–Trinajstić information content (AvgIpc) is 2.59. The minimum atomic E-state index is 0.614. The first kappa shape index (κ1) is 17.6. The quantitative estimate of drug-likeness (QED) is 0.572. The number of hydrogen-bond acceptors (Lipinski definition) is 1. The molecule has 0 N–H and O–H groups in total. The maximum Gasteiger partial charge on any atom is 0.287 e. The van der Waals surface area contributed by atoms with Crippen molar-refractivity contribution >= 4 is 10.9 Å². The molecule has 0 amide bonds. The zero-order valence-corrected chi connectivity index (χ0v) is 16.4. The molecule has 0 aliphatic rings. The van der Waals surface area contributed by atoms with Gasteiger partial charge in [0, 0.05) is 5.56 Å². The first-order valence-electron chi connectivity index (χ1n) is 9.32. The van der Waals surface area contributed by atoms with Crippen molar-refractivity contribution in [1.82, 2.24) is 4.98 Å². The second kappa shape index (κ2) is 6.95. The standard InChI is InChI=1S/C23H29N2/c1-7-18(8-2)19-9-10-22-21(13-19)23(25(6)14-24-22)20-12-15(3)11-16(4)17(20)5/h9-14,18H,7-8H2,1-6H3/q+1. The van der Waals surface area contributed by atoms with Crippen LogP contribution in [-0.2, 0) is 7.05 Å². The molecule has 0 atom stereocenters. The van der Waals surface area contributed by atoms with Crippen LogP contribution < -0.4 is 4.57 Å². The van der Waals surface area contributed by atoms with Crippen LogP contribution in [-0.4, -0.2) is 4.98 Å². The summed E-state index contributed by atoms with van der Waals surface area (Å²) >= 11 is 0. The van der Waals surface area contributed by atoms with E-state index in [1.54, 1.807) is 0 Å². The van der Waals surface area contributed by atoms with Crippen molar-refractivity contribution in [2.24, 2.45) is 7.05 Å². The van der Waals surface area contributed by atoms with Crippen LogP contribution in [0.4, 0.5) is 0 Å². The molecule has 2 nitrogen and oxygen atoms in total. The number of benzene rings is 2. The third-order valence-electron chi connectivity index (χ3n) is 5.52. The second-order valence-electron chi connectivity index (χ2n) is 7.25. The van der Waals surface area contributed by atoms with Gasteiger partial charge in [0.05, 0.1) is 12.4 Å². The molecule has 0 unspecified atom stereocenters. The Labute approximate surface area is 151 Å². The third-order valence-corrected chi connectivity index (χ3v) is 5.52. The molecule has 0 bridgehead atoms.